The van der Waals surface area contributed by atoms with Crippen LogP contribution in [-0.4, -0.2) is 18.4 Å². The summed E-state index contributed by atoms with van der Waals surface area (Å²) in [5.74, 6) is -1.23. The van der Waals surface area contributed by atoms with Crippen LogP contribution >= 0.6 is 11.6 Å². The summed E-state index contributed by atoms with van der Waals surface area (Å²) in [6.07, 6.45) is 0.954. The SMILES string of the molecule is Cc1cc(Cl)ccc1NC(=O)C1CC1C(=O)NCCc1ccccc1F. The Balaban J connectivity index is 1.46. The van der Waals surface area contributed by atoms with Crippen molar-refractivity contribution in [1.29, 1.82) is 0 Å². The highest BCUT2D eigenvalue weighted by Gasteiger charge is 2.47. The second-order valence-corrected chi connectivity index (χ2v) is 6.97. The van der Waals surface area contributed by atoms with Gasteiger partial charge in [0.05, 0.1) is 11.8 Å². The number of nitrogens with one attached hydrogen (secondary N) is 2. The molecular weight excluding hydrogens is 355 g/mol. The summed E-state index contributed by atoms with van der Waals surface area (Å²) in [6.45, 7) is 2.21. The van der Waals surface area contributed by atoms with Crippen molar-refractivity contribution in [3.63, 3.8) is 0 Å². The molecule has 0 spiro atoms. The molecule has 1 fully saturated rings. The number of halogens is 2. The van der Waals surface area contributed by atoms with Gasteiger partial charge in [0.15, 0.2) is 0 Å². The van der Waals surface area contributed by atoms with Crippen LogP contribution in [0.15, 0.2) is 42.5 Å². The van der Waals surface area contributed by atoms with Crippen LogP contribution in [0.3, 0.4) is 0 Å². The van der Waals surface area contributed by atoms with E-state index in [2.05, 4.69) is 10.6 Å². The molecule has 26 heavy (non-hydrogen) atoms. The van der Waals surface area contributed by atoms with Gasteiger partial charge in [0.1, 0.15) is 5.82 Å². The van der Waals surface area contributed by atoms with Gasteiger partial charge in [0.25, 0.3) is 0 Å². The molecule has 0 bridgehead atoms. The second-order valence-electron chi connectivity index (χ2n) is 6.53. The van der Waals surface area contributed by atoms with Crippen LogP contribution in [0.4, 0.5) is 10.1 Å². The number of hydrogen-bond acceptors (Lipinski definition) is 2. The van der Waals surface area contributed by atoms with Gasteiger partial charge in [-0.1, -0.05) is 29.8 Å². The molecule has 0 heterocycles. The van der Waals surface area contributed by atoms with Gasteiger partial charge in [-0.25, -0.2) is 4.39 Å². The third kappa shape index (κ3) is 4.41. The molecule has 2 atom stereocenters. The van der Waals surface area contributed by atoms with Crippen molar-refractivity contribution in [2.24, 2.45) is 11.8 Å². The van der Waals surface area contributed by atoms with Crippen molar-refractivity contribution in [3.8, 4) is 0 Å². The molecule has 0 radical (unpaired) electrons. The molecule has 1 saturated carbocycles. The van der Waals surface area contributed by atoms with E-state index in [4.69, 9.17) is 11.6 Å². The normalized spacial score (nSPS) is 18.3. The average molecular weight is 375 g/mol. The van der Waals surface area contributed by atoms with Crippen LogP contribution in [-0.2, 0) is 16.0 Å². The van der Waals surface area contributed by atoms with E-state index >= 15 is 0 Å². The zero-order valence-corrected chi connectivity index (χ0v) is 15.1. The third-order valence-electron chi connectivity index (χ3n) is 4.56. The topological polar surface area (TPSA) is 58.2 Å². The summed E-state index contributed by atoms with van der Waals surface area (Å²) in [4.78, 5) is 24.5. The minimum absolute atomic E-state index is 0.158. The Labute approximate surface area is 156 Å². The van der Waals surface area contributed by atoms with Crippen molar-refractivity contribution >= 4 is 29.1 Å². The first-order chi connectivity index (χ1) is 12.5. The quantitative estimate of drug-likeness (QED) is 0.809. The monoisotopic (exact) mass is 374 g/mol. The molecule has 2 amide bonds. The van der Waals surface area contributed by atoms with E-state index in [1.54, 1.807) is 36.4 Å². The highest BCUT2D eigenvalue weighted by atomic mass is 35.5. The lowest BCUT2D eigenvalue weighted by molar-refractivity contribution is -0.125. The Hall–Kier alpha value is -2.40. The molecular formula is C20H20ClFN2O2. The molecule has 1 aliphatic carbocycles. The minimum Gasteiger partial charge on any atom is -0.356 e. The number of anilines is 1. The van der Waals surface area contributed by atoms with Crippen molar-refractivity contribution in [1.82, 2.24) is 5.32 Å². The summed E-state index contributed by atoms with van der Waals surface area (Å²) in [6, 6.07) is 11.7. The van der Waals surface area contributed by atoms with Crippen LogP contribution in [0.2, 0.25) is 5.02 Å². The highest BCUT2D eigenvalue weighted by molar-refractivity contribution is 6.30. The van der Waals surface area contributed by atoms with E-state index in [1.807, 2.05) is 6.92 Å². The van der Waals surface area contributed by atoms with Crippen LogP contribution in [0.1, 0.15) is 17.5 Å². The lowest BCUT2D eigenvalue weighted by Gasteiger charge is -2.09. The van der Waals surface area contributed by atoms with Crippen LogP contribution in [0.5, 0.6) is 0 Å². The van der Waals surface area contributed by atoms with Gasteiger partial charge in [0.2, 0.25) is 11.8 Å². The summed E-state index contributed by atoms with van der Waals surface area (Å²) in [5, 5.41) is 6.24. The van der Waals surface area contributed by atoms with Gasteiger partial charge < -0.3 is 10.6 Å². The van der Waals surface area contributed by atoms with Gasteiger partial charge >= 0.3 is 0 Å². The standard InChI is InChI=1S/C20H20ClFN2O2/c1-12-10-14(21)6-7-18(12)24-20(26)16-11-15(16)19(25)23-9-8-13-4-2-3-5-17(13)22/h2-7,10,15-16H,8-9,11H2,1H3,(H,23,25)(H,24,26). The summed E-state index contributed by atoms with van der Waals surface area (Å²) >= 11 is 5.91. The third-order valence-corrected chi connectivity index (χ3v) is 4.80. The van der Waals surface area contributed by atoms with Gasteiger partial charge in [-0.15, -0.1) is 0 Å². The molecule has 2 N–H and O–H groups in total. The summed E-state index contributed by atoms with van der Waals surface area (Å²) in [7, 11) is 0. The van der Waals surface area contributed by atoms with Gasteiger partial charge in [0, 0.05) is 17.3 Å². The van der Waals surface area contributed by atoms with E-state index in [0.717, 1.165) is 5.56 Å². The molecule has 0 aromatic heterocycles. The van der Waals surface area contributed by atoms with Crippen LogP contribution < -0.4 is 10.6 Å². The van der Waals surface area contributed by atoms with Crippen molar-refractivity contribution in [2.75, 3.05) is 11.9 Å². The lowest BCUT2D eigenvalue weighted by atomic mass is 10.1. The number of carbonyl (C=O) groups is 2. The maximum atomic E-state index is 13.5. The molecule has 1 aliphatic rings. The Bertz CT molecular complexity index is 840. The lowest BCUT2D eigenvalue weighted by Crippen LogP contribution is -2.29. The Morgan fingerprint density at radius 3 is 2.62 bits per heavy atom. The summed E-state index contributed by atoms with van der Waals surface area (Å²) < 4.78 is 13.5. The predicted molar refractivity (Wildman–Crippen MR) is 99.5 cm³/mol. The fraction of sp³-hybridized carbons (Fsp3) is 0.300. The number of benzene rings is 2. The van der Waals surface area contributed by atoms with Gasteiger partial charge in [-0.3, -0.25) is 9.59 Å². The molecule has 2 aromatic carbocycles. The molecule has 0 saturated heterocycles. The second kappa shape index (κ2) is 7.87. The zero-order chi connectivity index (χ0) is 18.7. The number of rotatable bonds is 6. The number of aryl methyl sites for hydroxylation is 1. The van der Waals surface area contributed by atoms with Gasteiger partial charge in [-0.2, -0.15) is 0 Å². The Morgan fingerprint density at radius 1 is 1.15 bits per heavy atom. The van der Waals surface area contributed by atoms with Crippen molar-refractivity contribution in [3.05, 3.63) is 64.4 Å². The maximum absolute atomic E-state index is 13.5. The molecule has 4 nitrogen and oxygen atoms in total. The van der Waals surface area contributed by atoms with Crippen molar-refractivity contribution < 1.29 is 14.0 Å². The average Bonchev–Trinajstić information content (AvgIpc) is 3.40. The first-order valence-corrected chi connectivity index (χ1v) is 8.91. The molecule has 6 heteroatoms. The minimum atomic E-state index is -0.321. The maximum Gasteiger partial charge on any atom is 0.228 e. The van der Waals surface area contributed by atoms with Gasteiger partial charge in [-0.05, 0) is 55.2 Å². The molecule has 0 aliphatic heterocycles. The number of hydrogen-bond donors (Lipinski definition) is 2. The smallest absolute Gasteiger partial charge is 0.228 e. The first kappa shape index (κ1) is 18.4. The Morgan fingerprint density at radius 2 is 1.88 bits per heavy atom. The fourth-order valence-corrected chi connectivity index (χ4v) is 3.15. The van der Waals surface area contributed by atoms with E-state index < -0.39 is 0 Å². The fourth-order valence-electron chi connectivity index (χ4n) is 2.92. The van der Waals surface area contributed by atoms with Crippen LogP contribution in [0.25, 0.3) is 0 Å². The molecule has 3 rings (SSSR count). The van der Waals surface area contributed by atoms with Crippen molar-refractivity contribution in [2.45, 2.75) is 19.8 Å². The van der Waals surface area contributed by atoms with E-state index in [9.17, 15) is 14.0 Å². The van der Waals surface area contributed by atoms with E-state index in [0.29, 0.717) is 35.7 Å². The largest absolute Gasteiger partial charge is 0.356 e. The van der Waals surface area contributed by atoms with Crippen LogP contribution in [0, 0.1) is 24.6 Å². The number of amides is 2. The first-order valence-electron chi connectivity index (χ1n) is 8.54. The Kier molecular flexibility index (Phi) is 5.57. The zero-order valence-electron chi connectivity index (χ0n) is 14.4. The molecule has 2 aromatic rings. The summed E-state index contributed by atoms with van der Waals surface area (Å²) in [5.41, 5.74) is 2.14. The number of carbonyl (C=O) groups excluding carboxylic acids is 2. The molecule has 136 valence electrons. The van der Waals surface area contributed by atoms with E-state index in [1.165, 1.54) is 6.07 Å². The highest BCUT2D eigenvalue weighted by Crippen LogP contribution is 2.39. The van der Waals surface area contributed by atoms with E-state index in [-0.39, 0.29) is 29.5 Å². The predicted octanol–water partition coefficient (Wildman–Crippen LogP) is 3.72. The molecule has 2 unspecified atom stereocenters.